The molecule has 5 heteroatoms. The lowest BCUT2D eigenvalue weighted by molar-refractivity contribution is -0.122. The Balaban J connectivity index is 1.95. The SMILES string of the molecule is Cc1cc(C)n(CC(=O)N[C@@H](C)c2cccs2)n1. The van der Waals surface area contributed by atoms with E-state index in [1.165, 1.54) is 0 Å². The van der Waals surface area contributed by atoms with E-state index in [1.807, 2.05) is 44.4 Å². The number of nitrogens with one attached hydrogen (secondary N) is 1. The summed E-state index contributed by atoms with van der Waals surface area (Å²) in [6.07, 6.45) is 0. The lowest BCUT2D eigenvalue weighted by atomic mass is 10.3. The normalized spacial score (nSPS) is 12.4. The van der Waals surface area contributed by atoms with Gasteiger partial charge in [-0.3, -0.25) is 9.48 Å². The molecular weight excluding hydrogens is 246 g/mol. The Labute approximate surface area is 111 Å². The predicted octanol–water partition coefficient (Wildman–Crippen LogP) is 2.44. The summed E-state index contributed by atoms with van der Waals surface area (Å²) in [6.45, 7) is 6.14. The van der Waals surface area contributed by atoms with E-state index in [-0.39, 0.29) is 18.5 Å². The van der Waals surface area contributed by atoms with E-state index in [2.05, 4.69) is 10.4 Å². The van der Waals surface area contributed by atoms with Crippen LogP contribution in [0.25, 0.3) is 0 Å². The average molecular weight is 263 g/mol. The predicted molar refractivity (Wildman–Crippen MR) is 72.6 cm³/mol. The van der Waals surface area contributed by atoms with Crippen molar-refractivity contribution in [3.05, 3.63) is 39.8 Å². The van der Waals surface area contributed by atoms with Gasteiger partial charge in [-0.05, 0) is 38.3 Å². The molecule has 2 aromatic rings. The van der Waals surface area contributed by atoms with Crippen LogP contribution in [-0.2, 0) is 11.3 Å². The smallest absolute Gasteiger partial charge is 0.242 e. The van der Waals surface area contributed by atoms with Crippen LogP contribution in [-0.4, -0.2) is 15.7 Å². The quantitative estimate of drug-likeness (QED) is 0.921. The molecule has 0 aliphatic heterocycles. The summed E-state index contributed by atoms with van der Waals surface area (Å²) < 4.78 is 1.73. The highest BCUT2D eigenvalue weighted by Crippen LogP contribution is 2.17. The third-order valence-electron chi connectivity index (χ3n) is 2.74. The van der Waals surface area contributed by atoms with Crippen molar-refractivity contribution in [2.45, 2.75) is 33.4 Å². The Morgan fingerprint density at radius 2 is 2.33 bits per heavy atom. The third-order valence-corrected chi connectivity index (χ3v) is 3.80. The molecule has 96 valence electrons. The molecule has 4 nitrogen and oxygen atoms in total. The Morgan fingerprint density at radius 1 is 1.56 bits per heavy atom. The first-order valence-corrected chi connectivity index (χ1v) is 6.78. The Bertz CT molecular complexity index is 530. The van der Waals surface area contributed by atoms with Crippen LogP contribution in [0.1, 0.15) is 29.2 Å². The number of amides is 1. The van der Waals surface area contributed by atoms with Gasteiger partial charge in [0.1, 0.15) is 6.54 Å². The number of aryl methyl sites for hydroxylation is 2. The zero-order valence-electron chi connectivity index (χ0n) is 10.8. The number of carbonyl (C=O) groups is 1. The summed E-state index contributed by atoms with van der Waals surface area (Å²) in [7, 11) is 0. The molecular formula is C13H17N3OS. The number of carbonyl (C=O) groups excluding carboxylic acids is 1. The Hall–Kier alpha value is -1.62. The molecule has 0 aliphatic carbocycles. The molecule has 2 aromatic heterocycles. The molecule has 0 unspecified atom stereocenters. The maximum atomic E-state index is 11.9. The first-order valence-electron chi connectivity index (χ1n) is 5.90. The number of rotatable bonds is 4. The van der Waals surface area contributed by atoms with E-state index < -0.39 is 0 Å². The Morgan fingerprint density at radius 3 is 2.89 bits per heavy atom. The summed E-state index contributed by atoms with van der Waals surface area (Å²) in [5.74, 6) is -0.0119. The van der Waals surface area contributed by atoms with Crippen molar-refractivity contribution in [1.29, 1.82) is 0 Å². The molecule has 0 bridgehead atoms. The zero-order chi connectivity index (χ0) is 13.1. The fourth-order valence-corrected chi connectivity index (χ4v) is 2.60. The summed E-state index contributed by atoms with van der Waals surface area (Å²) in [5, 5.41) is 9.27. The summed E-state index contributed by atoms with van der Waals surface area (Å²) in [6, 6.07) is 6.04. The van der Waals surface area contributed by atoms with Gasteiger partial charge in [-0.25, -0.2) is 0 Å². The van der Waals surface area contributed by atoms with Gasteiger partial charge in [0.2, 0.25) is 5.91 Å². The van der Waals surface area contributed by atoms with Crippen LogP contribution in [0.3, 0.4) is 0 Å². The van der Waals surface area contributed by atoms with Gasteiger partial charge < -0.3 is 5.32 Å². The number of aromatic nitrogens is 2. The van der Waals surface area contributed by atoms with Crippen molar-refractivity contribution in [3.63, 3.8) is 0 Å². The second kappa shape index (κ2) is 5.35. The van der Waals surface area contributed by atoms with Gasteiger partial charge in [-0.15, -0.1) is 11.3 Å². The monoisotopic (exact) mass is 263 g/mol. The Kier molecular flexibility index (Phi) is 3.81. The van der Waals surface area contributed by atoms with Crippen LogP contribution in [0, 0.1) is 13.8 Å². The molecule has 2 heterocycles. The number of hydrogen-bond acceptors (Lipinski definition) is 3. The van der Waals surface area contributed by atoms with Gasteiger partial charge in [0.15, 0.2) is 0 Å². The first kappa shape index (κ1) is 12.8. The second-order valence-electron chi connectivity index (χ2n) is 4.39. The van der Waals surface area contributed by atoms with Gasteiger partial charge in [0.05, 0.1) is 11.7 Å². The molecule has 1 atom stereocenters. The molecule has 0 aliphatic rings. The minimum Gasteiger partial charge on any atom is -0.347 e. The van der Waals surface area contributed by atoms with Gasteiger partial charge in [-0.2, -0.15) is 5.10 Å². The topological polar surface area (TPSA) is 46.9 Å². The van der Waals surface area contributed by atoms with Crippen molar-refractivity contribution in [3.8, 4) is 0 Å². The number of thiophene rings is 1. The molecule has 0 saturated heterocycles. The largest absolute Gasteiger partial charge is 0.347 e. The van der Waals surface area contributed by atoms with Crippen LogP contribution >= 0.6 is 11.3 Å². The van der Waals surface area contributed by atoms with E-state index in [4.69, 9.17) is 0 Å². The molecule has 1 amide bonds. The summed E-state index contributed by atoms with van der Waals surface area (Å²) in [5.41, 5.74) is 1.94. The number of nitrogens with zero attached hydrogens (tertiary/aromatic N) is 2. The highest BCUT2D eigenvalue weighted by Gasteiger charge is 2.12. The number of hydrogen-bond donors (Lipinski definition) is 1. The third kappa shape index (κ3) is 2.98. The van der Waals surface area contributed by atoms with Gasteiger partial charge in [0.25, 0.3) is 0 Å². The van der Waals surface area contributed by atoms with E-state index in [0.29, 0.717) is 0 Å². The van der Waals surface area contributed by atoms with Gasteiger partial charge in [-0.1, -0.05) is 6.07 Å². The average Bonchev–Trinajstić information content (AvgIpc) is 2.89. The molecule has 0 fully saturated rings. The maximum absolute atomic E-state index is 11.9. The molecule has 0 aromatic carbocycles. The van der Waals surface area contributed by atoms with Crippen LogP contribution in [0.15, 0.2) is 23.6 Å². The maximum Gasteiger partial charge on any atom is 0.242 e. The zero-order valence-corrected chi connectivity index (χ0v) is 11.6. The molecule has 1 N–H and O–H groups in total. The fraction of sp³-hybridized carbons (Fsp3) is 0.385. The van der Waals surface area contributed by atoms with E-state index in [9.17, 15) is 4.79 Å². The fourth-order valence-electron chi connectivity index (χ4n) is 1.87. The first-order chi connectivity index (χ1) is 8.56. The molecule has 2 rings (SSSR count). The highest BCUT2D eigenvalue weighted by atomic mass is 32.1. The lowest BCUT2D eigenvalue weighted by Gasteiger charge is -2.12. The van der Waals surface area contributed by atoms with Crippen molar-refractivity contribution in [1.82, 2.24) is 15.1 Å². The second-order valence-corrected chi connectivity index (χ2v) is 5.37. The minimum atomic E-state index is -0.0119. The van der Waals surface area contributed by atoms with Crippen molar-refractivity contribution < 1.29 is 4.79 Å². The van der Waals surface area contributed by atoms with Crippen LogP contribution in [0.4, 0.5) is 0 Å². The van der Waals surface area contributed by atoms with Crippen molar-refractivity contribution in [2.75, 3.05) is 0 Å². The lowest BCUT2D eigenvalue weighted by Crippen LogP contribution is -2.30. The minimum absolute atomic E-state index is 0.0119. The van der Waals surface area contributed by atoms with E-state index >= 15 is 0 Å². The van der Waals surface area contributed by atoms with Crippen LogP contribution in [0.2, 0.25) is 0 Å². The van der Waals surface area contributed by atoms with Gasteiger partial charge in [0, 0.05) is 10.6 Å². The van der Waals surface area contributed by atoms with E-state index in [0.717, 1.165) is 16.3 Å². The van der Waals surface area contributed by atoms with E-state index in [1.54, 1.807) is 16.0 Å². The van der Waals surface area contributed by atoms with Crippen molar-refractivity contribution >= 4 is 17.2 Å². The molecule has 0 radical (unpaired) electrons. The molecule has 18 heavy (non-hydrogen) atoms. The summed E-state index contributed by atoms with van der Waals surface area (Å²) in [4.78, 5) is 13.1. The summed E-state index contributed by atoms with van der Waals surface area (Å²) >= 11 is 1.65. The van der Waals surface area contributed by atoms with Crippen LogP contribution < -0.4 is 5.32 Å². The van der Waals surface area contributed by atoms with Crippen LogP contribution in [0.5, 0.6) is 0 Å². The van der Waals surface area contributed by atoms with Gasteiger partial charge >= 0.3 is 0 Å². The molecule has 0 spiro atoms. The molecule has 0 saturated carbocycles. The standard InChI is InChI=1S/C13H17N3OS/c1-9-7-10(2)16(15-9)8-13(17)14-11(3)12-5-4-6-18-12/h4-7,11H,8H2,1-3H3,(H,14,17)/t11-/m0/s1. The van der Waals surface area contributed by atoms with Crippen molar-refractivity contribution in [2.24, 2.45) is 0 Å². The highest BCUT2D eigenvalue weighted by molar-refractivity contribution is 7.10.